The number of aromatic nitrogens is 2. The minimum absolute atomic E-state index is 0.0000761. The van der Waals surface area contributed by atoms with Gasteiger partial charge in [0.2, 0.25) is 0 Å². The number of nitrogens with zero attached hydrogens (tertiary/aromatic N) is 3. The average Bonchev–Trinajstić information content (AvgIpc) is 3.13. The predicted octanol–water partition coefficient (Wildman–Crippen LogP) is 4.65. The molecule has 0 radical (unpaired) electrons. The fourth-order valence-electron chi connectivity index (χ4n) is 3.55. The van der Waals surface area contributed by atoms with Crippen molar-refractivity contribution in [3.05, 3.63) is 95.8 Å². The zero-order chi connectivity index (χ0) is 19.5. The lowest BCUT2D eigenvalue weighted by molar-refractivity contribution is 0.0796. The molecular formula is C24H23N3O. The van der Waals surface area contributed by atoms with E-state index in [0.29, 0.717) is 12.1 Å². The normalized spacial score (nSPS) is 10.9. The summed E-state index contributed by atoms with van der Waals surface area (Å²) >= 11 is 0. The number of carbonyl (C=O) groups is 1. The highest BCUT2D eigenvalue weighted by Crippen LogP contribution is 2.20. The first-order chi connectivity index (χ1) is 13.6. The number of rotatable bonds is 5. The zero-order valence-electron chi connectivity index (χ0n) is 16.2. The summed E-state index contributed by atoms with van der Waals surface area (Å²) in [6.07, 6.45) is 2.48. The summed E-state index contributed by atoms with van der Waals surface area (Å²) in [7, 11) is 1.85. The Balaban J connectivity index is 1.50. The molecule has 0 fully saturated rings. The quantitative estimate of drug-likeness (QED) is 0.514. The van der Waals surface area contributed by atoms with Crippen LogP contribution in [0.25, 0.3) is 16.5 Å². The van der Waals surface area contributed by atoms with E-state index < -0.39 is 0 Å². The Kier molecular flexibility index (Phi) is 4.94. The predicted molar refractivity (Wildman–Crippen MR) is 113 cm³/mol. The number of benzene rings is 3. The van der Waals surface area contributed by atoms with Crippen molar-refractivity contribution >= 4 is 16.7 Å². The molecule has 3 aromatic carbocycles. The molecule has 0 aliphatic carbocycles. The second-order valence-electron chi connectivity index (χ2n) is 7.01. The van der Waals surface area contributed by atoms with Crippen LogP contribution in [0.3, 0.4) is 0 Å². The molecule has 0 saturated carbocycles. The van der Waals surface area contributed by atoms with Gasteiger partial charge in [0, 0.05) is 13.6 Å². The standard InChI is InChI=1S/C24H23N3O/c1-18-23(17-25-27(18)21-12-4-3-5-13-21)24(28)26(2)16-15-20-11-8-10-19-9-6-7-14-22(19)20/h3-14,17H,15-16H2,1-2H3. The first-order valence-electron chi connectivity index (χ1n) is 9.47. The SMILES string of the molecule is Cc1c(C(=O)N(C)CCc2cccc3ccccc23)cnn1-c1ccccc1. The van der Waals surface area contributed by atoms with Crippen LogP contribution in [0, 0.1) is 6.92 Å². The van der Waals surface area contributed by atoms with E-state index in [1.165, 1.54) is 16.3 Å². The highest BCUT2D eigenvalue weighted by atomic mass is 16.2. The molecule has 0 saturated heterocycles. The van der Waals surface area contributed by atoms with Crippen molar-refractivity contribution < 1.29 is 4.79 Å². The minimum Gasteiger partial charge on any atom is -0.341 e. The van der Waals surface area contributed by atoms with Crippen molar-refractivity contribution in [2.24, 2.45) is 0 Å². The van der Waals surface area contributed by atoms with Crippen LogP contribution in [0.2, 0.25) is 0 Å². The fraction of sp³-hybridized carbons (Fsp3) is 0.167. The second-order valence-corrected chi connectivity index (χ2v) is 7.01. The number of likely N-dealkylation sites (N-methyl/N-ethyl adjacent to an activating group) is 1. The Morgan fingerprint density at radius 2 is 1.68 bits per heavy atom. The molecule has 0 spiro atoms. The summed E-state index contributed by atoms with van der Waals surface area (Å²) in [6, 6.07) is 24.6. The summed E-state index contributed by atoms with van der Waals surface area (Å²) in [5, 5.41) is 6.90. The zero-order valence-corrected chi connectivity index (χ0v) is 16.2. The van der Waals surface area contributed by atoms with Gasteiger partial charge < -0.3 is 4.90 Å². The van der Waals surface area contributed by atoms with Crippen LogP contribution in [0.15, 0.2) is 79.0 Å². The molecule has 4 aromatic rings. The van der Waals surface area contributed by atoms with Crippen LogP contribution >= 0.6 is 0 Å². The number of amides is 1. The number of para-hydroxylation sites is 1. The van der Waals surface area contributed by atoms with Crippen LogP contribution < -0.4 is 0 Å². The average molecular weight is 369 g/mol. The molecule has 4 rings (SSSR count). The van der Waals surface area contributed by atoms with E-state index in [1.807, 2.05) is 49.0 Å². The van der Waals surface area contributed by atoms with Gasteiger partial charge in [0.1, 0.15) is 0 Å². The molecule has 0 bridgehead atoms. The van der Waals surface area contributed by atoms with Gasteiger partial charge in [-0.05, 0) is 41.8 Å². The minimum atomic E-state index is -0.0000761. The highest BCUT2D eigenvalue weighted by molar-refractivity contribution is 5.95. The van der Waals surface area contributed by atoms with Gasteiger partial charge in [-0.3, -0.25) is 4.79 Å². The lowest BCUT2D eigenvalue weighted by atomic mass is 10.0. The summed E-state index contributed by atoms with van der Waals surface area (Å²) in [5.74, 6) is -0.0000761. The number of carbonyl (C=O) groups excluding carboxylic acids is 1. The fourth-order valence-corrected chi connectivity index (χ4v) is 3.55. The van der Waals surface area contributed by atoms with Gasteiger partial charge >= 0.3 is 0 Å². The maximum absolute atomic E-state index is 13.0. The number of fused-ring (bicyclic) bond motifs is 1. The van der Waals surface area contributed by atoms with Gasteiger partial charge in [0.25, 0.3) is 5.91 Å². The molecule has 1 heterocycles. The summed E-state index contributed by atoms with van der Waals surface area (Å²) in [4.78, 5) is 14.7. The Morgan fingerprint density at radius 3 is 2.50 bits per heavy atom. The third-order valence-corrected chi connectivity index (χ3v) is 5.18. The van der Waals surface area contributed by atoms with Crippen molar-refractivity contribution in [1.82, 2.24) is 14.7 Å². The molecule has 0 aliphatic heterocycles. The van der Waals surface area contributed by atoms with E-state index in [9.17, 15) is 4.79 Å². The molecule has 0 aliphatic rings. The van der Waals surface area contributed by atoms with Gasteiger partial charge in [-0.25, -0.2) is 4.68 Å². The van der Waals surface area contributed by atoms with Gasteiger partial charge in [-0.1, -0.05) is 60.7 Å². The van der Waals surface area contributed by atoms with Crippen molar-refractivity contribution in [3.8, 4) is 5.69 Å². The third kappa shape index (κ3) is 3.41. The smallest absolute Gasteiger partial charge is 0.257 e. The molecule has 140 valence electrons. The summed E-state index contributed by atoms with van der Waals surface area (Å²) in [5.41, 5.74) is 3.71. The maximum Gasteiger partial charge on any atom is 0.257 e. The summed E-state index contributed by atoms with van der Waals surface area (Å²) < 4.78 is 1.81. The first kappa shape index (κ1) is 18.0. The molecule has 1 amide bonds. The van der Waals surface area contributed by atoms with E-state index in [4.69, 9.17) is 0 Å². The Labute approximate surface area is 165 Å². The van der Waals surface area contributed by atoms with Crippen molar-refractivity contribution in [3.63, 3.8) is 0 Å². The van der Waals surface area contributed by atoms with Crippen LogP contribution in [-0.2, 0) is 6.42 Å². The molecule has 28 heavy (non-hydrogen) atoms. The van der Waals surface area contributed by atoms with Crippen LogP contribution in [-0.4, -0.2) is 34.2 Å². The van der Waals surface area contributed by atoms with E-state index in [0.717, 1.165) is 17.8 Å². The van der Waals surface area contributed by atoms with E-state index in [1.54, 1.807) is 11.1 Å². The Hall–Kier alpha value is -3.40. The molecule has 1 aromatic heterocycles. The van der Waals surface area contributed by atoms with Crippen molar-refractivity contribution in [1.29, 1.82) is 0 Å². The number of hydrogen-bond donors (Lipinski definition) is 0. The second kappa shape index (κ2) is 7.69. The topological polar surface area (TPSA) is 38.1 Å². The number of hydrogen-bond acceptors (Lipinski definition) is 2. The molecule has 0 atom stereocenters. The lowest BCUT2D eigenvalue weighted by Gasteiger charge is -2.18. The van der Waals surface area contributed by atoms with Crippen LogP contribution in [0.5, 0.6) is 0 Å². The van der Waals surface area contributed by atoms with Crippen molar-refractivity contribution in [2.75, 3.05) is 13.6 Å². The third-order valence-electron chi connectivity index (χ3n) is 5.18. The molecule has 4 heteroatoms. The largest absolute Gasteiger partial charge is 0.341 e. The first-order valence-corrected chi connectivity index (χ1v) is 9.47. The lowest BCUT2D eigenvalue weighted by Crippen LogP contribution is -2.29. The van der Waals surface area contributed by atoms with Gasteiger partial charge in [0.15, 0.2) is 0 Å². The van der Waals surface area contributed by atoms with Gasteiger partial charge in [0.05, 0.1) is 23.1 Å². The summed E-state index contributed by atoms with van der Waals surface area (Å²) in [6.45, 7) is 2.59. The van der Waals surface area contributed by atoms with E-state index >= 15 is 0 Å². The maximum atomic E-state index is 13.0. The Morgan fingerprint density at radius 1 is 0.964 bits per heavy atom. The molecule has 0 N–H and O–H groups in total. The van der Waals surface area contributed by atoms with Crippen LogP contribution in [0.1, 0.15) is 21.6 Å². The Bertz CT molecular complexity index is 1110. The van der Waals surface area contributed by atoms with Crippen molar-refractivity contribution in [2.45, 2.75) is 13.3 Å². The molecule has 0 unspecified atom stereocenters. The van der Waals surface area contributed by atoms with E-state index in [-0.39, 0.29) is 5.91 Å². The van der Waals surface area contributed by atoms with Gasteiger partial charge in [-0.2, -0.15) is 5.10 Å². The van der Waals surface area contributed by atoms with Gasteiger partial charge in [-0.15, -0.1) is 0 Å². The molecule has 4 nitrogen and oxygen atoms in total. The highest BCUT2D eigenvalue weighted by Gasteiger charge is 2.18. The molecular weight excluding hydrogens is 346 g/mol. The monoisotopic (exact) mass is 369 g/mol. The van der Waals surface area contributed by atoms with Crippen LogP contribution in [0.4, 0.5) is 0 Å². The van der Waals surface area contributed by atoms with E-state index in [2.05, 4.69) is 47.6 Å².